The molecular formula is C51H93N3OS. The van der Waals surface area contributed by atoms with Crippen molar-refractivity contribution >= 4 is 17.7 Å². The number of amides is 1. The molecule has 0 aliphatic rings. The number of carbonyl (C=O) groups excluding carboxylic acids is 1. The van der Waals surface area contributed by atoms with Crippen molar-refractivity contribution < 1.29 is 4.79 Å². The van der Waals surface area contributed by atoms with Gasteiger partial charge in [-0.05, 0) is 82.0 Å². The summed E-state index contributed by atoms with van der Waals surface area (Å²) in [7, 11) is 0. The average Bonchev–Trinajstić information content (AvgIpc) is 3.19. The van der Waals surface area contributed by atoms with Crippen LogP contribution in [-0.4, -0.2) is 36.5 Å². The third kappa shape index (κ3) is 41.6. The first-order chi connectivity index (χ1) is 27.4. The average molecular weight is 796 g/mol. The standard InChI is InChI=1S/C51H93N3OS/c1-7-10-41-50(46-56-45-11-8-2)54-51(55)42-37-40-49(6)53-44-36-32-28-24-20-16-19-23-27-31-35-43-52-48(5)39-34-30-26-22-18-15-13-12-14-17-21-25-29-33-38-47(4)9-3/h3,7,50,52-53H,1,4-6,8,10-46H2,2H3,(H,54,55). The second kappa shape index (κ2) is 44.1. The number of terminal acetylenes is 1. The summed E-state index contributed by atoms with van der Waals surface area (Å²) in [6, 6.07) is 0.253. The van der Waals surface area contributed by atoms with Gasteiger partial charge in [0, 0.05) is 42.7 Å². The van der Waals surface area contributed by atoms with Crippen LogP contribution in [0, 0.1) is 12.3 Å². The molecule has 0 radical (unpaired) electrons. The Morgan fingerprint density at radius 1 is 0.589 bits per heavy atom. The number of hydrogen-bond acceptors (Lipinski definition) is 4. The molecule has 324 valence electrons. The maximum absolute atomic E-state index is 12.5. The normalized spacial score (nSPS) is 11.5. The van der Waals surface area contributed by atoms with E-state index in [2.05, 4.69) is 55.1 Å². The molecule has 3 N–H and O–H groups in total. The molecule has 0 aliphatic heterocycles. The van der Waals surface area contributed by atoms with Crippen molar-refractivity contribution in [2.75, 3.05) is 24.6 Å². The smallest absolute Gasteiger partial charge is 0.220 e. The van der Waals surface area contributed by atoms with Gasteiger partial charge in [0.1, 0.15) is 0 Å². The number of unbranched alkanes of at least 4 members (excludes halogenated alkanes) is 24. The van der Waals surface area contributed by atoms with Gasteiger partial charge in [0.2, 0.25) is 5.91 Å². The molecule has 1 atom stereocenters. The highest BCUT2D eigenvalue weighted by atomic mass is 32.2. The fraction of sp³-hybridized carbons (Fsp3) is 0.784. The maximum Gasteiger partial charge on any atom is 0.220 e. The predicted octanol–water partition coefficient (Wildman–Crippen LogP) is 15.1. The van der Waals surface area contributed by atoms with E-state index in [4.69, 9.17) is 6.42 Å². The number of rotatable bonds is 46. The van der Waals surface area contributed by atoms with Crippen LogP contribution in [0.1, 0.15) is 225 Å². The third-order valence-corrected chi connectivity index (χ3v) is 12.2. The number of carbonyl (C=O) groups is 1. The number of allylic oxidation sites excluding steroid dienone is 4. The van der Waals surface area contributed by atoms with Gasteiger partial charge in [-0.1, -0.05) is 180 Å². The highest BCUT2D eigenvalue weighted by molar-refractivity contribution is 7.99. The van der Waals surface area contributed by atoms with Crippen molar-refractivity contribution in [3.63, 3.8) is 0 Å². The van der Waals surface area contributed by atoms with Crippen molar-refractivity contribution in [3.05, 3.63) is 49.4 Å². The minimum atomic E-state index is 0.176. The quantitative estimate of drug-likeness (QED) is 0.0326. The fourth-order valence-electron chi connectivity index (χ4n) is 7.17. The molecular weight excluding hydrogens is 703 g/mol. The SMILES string of the molecule is C#CC(=C)CCCCCCCCCCCCCCCCC(=C)NCCCCCCCCCCCCCNC(=C)CCCC(=O)NC(CCC=C)CSCCCC. The van der Waals surface area contributed by atoms with Gasteiger partial charge >= 0.3 is 0 Å². The molecule has 1 unspecified atom stereocenters. The van der Waals surface area contributed by atoms with E-state index >= 15 is 0 Å². The summed E-state index contributed by atoms with van der Waals surface area (Å²) in [6.07, 6.45) is 50.0. The summed E-state index contributed by atoms with van der Waals surface area (Å²) >= 11 is 1.96. The zero-order chi connectivity index (χ0) is 41.0. The summed E-state index contributed by atoms with van der Waals surface area (Å²) in [5.74, 6) is 5.00. The number of hydrogen-bond donors (Lipinski definition) is 3. The topological polar surface area (TPSA) is 53.2 Å². The van der Waals surface area contributed by atoms with E-state index < -0.39 is 0 Å². The van der Waals surface area contributed by atoms with Crippen molar-refractivity contribution in [1.29, 1.82) is 0 Å². The Balaban J connectivity index is 3.41. The van der Waals surface area contributed by atoms with Crippen LogP contribution in [0.25, 0.3) is 0 Å². The second-order valence-corrected chi connectivity index (χ2v) is 17.7. The number of nitrogens with one attached hydrogen (secondary N) is 3. The van der Waals surface area contributed by atoms with E-state index in [9.17, 15) is 4.79 Å². The lowest BCUT2D eigenvalue weighted by atomic mass is 10.0. The first-order valence-electron chi connectivity index (χ1n) is 23.9. The highest BCUT2D eigenvalue weighted by Crippen LogP contribution is 2.16. The van der Waals surface area contributed by atoms with Crippen LogP contribution in [0.4, 0.5) is 0 Å². The highest BCUT2D eigenvalue weighted by Gasteiger charge is 2.12. The summed E-state index contributed by atoms with van der Waals surface area (Å²) in [6.45, 7) is 20.5. The van der Waals surface area contributed by atoms with Crippen LogP contribution >= 0.6 is 11.8 Å². The van der Waals surface area contributed by atoms with Crippen molar-refractivity contribution in [3.8, 4) is 12.3 Å². The van der Waals surface area contributed by atoms with E-state index in [1.54, 1.807) is 0 Å². The summed E-state index contributed by atoms with van der Waals surface area (Å²) in [4.78, 5) is 12.5. The molecule has 1 amide bonds. The summed E-state index contributed by atoms with van der Waals surface area (Å²) in [5.41, 5.74) is 3.27. The zero-order valence-corrected chi connectivity index (χ0v) is 38.1. The van der Waals surface area contributed by atoms with Gasteiger partial charge in [0.25, 0.3) is 0 Å². The van der Waals surface area contributed by atoms with Crippen LogP contribution in [0.3, 0.4) is 0 Å². The van der Waals surface area contributed by atoms with Gasteiger partial charge in [0.15, 0.2) is 0 Å². The lowest BCUT2D eigenvalue weighted by Crippen LogP contribution is -2.36. The lowest BCUT2D eigenvalue weighted by molar-refractivity contribution is -0.121. The molecule has 0 aromatic carbocycles. The molecule has 0 saturated heterocycles. The molecule has 56 heavy (non-hydrogen) atoms. The molecule has 5 heteroatoms. The Kier molecular flexibility index (Phi) is 42.4. The van der Waals surface area contributed by atoms with E-state index in [0.717, 1.165) is 68.6 Å². The molecule has 0 heterocycles. The van der Waals surface area contributed by atoms with Crippen molar-refractivity contribution in [1.82, 2.24) is 16.0 Å². The van der Waals surface area contributed by atoms with Crippen LogP contribution in [0.2, 0.25) is 0 Å². The molecule has 0 aromatic heterocycles. The van der Waals surface area contributed by atoms with Crippen molar-refractivity contribution in [2.45, 2.75) is 231 Å². The van der Waals surface area contributed by atoms with Gasteiger partial charge in [-0.15, -0.1) is 13.0 Å². The molecule has 0 spiro atoms. The largest absolute Gasteiger partial charge is 0.389 e. The van der Waals surface area contributed by atoms with E-state index in [1.807, 2.05) is 17.8 Å². The maximum atomic E-state index is 12.5. The van der Waals surface area contributed by atoms with Crippen LogP contribution < -0.4 is 16.0 Å². The molecule has 0 aliphatic carbocycles. The summed E-state index contributed by atoms with van der Waals surface area (Å²) in [5, 5.41) is 10.3. The Hall–Kier alpha value is -2.06. The fourth-order valence-corrected chi connectivity index (χ4v) is 8.36. The zero-order valence-electron chi connectivity index (χ0n) is 37.2. The molecule has 0 rings (SSSR count). The Labute approximate surface area is 354 Å². The Bertz CT molecular complexity index is 984. The molecule has 0 bridgehead atoms. The molecule has 4 nitrogen and oxygen atoms in total. The van der Waals surface area contributed by atoms with Crippen LogP contribution in [-0.2, 0) is 4.79 Å². The van der Waals surface area contributed by atoms with Crippen molar-refractivity contribution in [2.24, 2.45) is 0 Å². The van der Waals surface area contributed by atoms with Crippen LogP contribution in [0.15, 0.2) is 49.4 Å². The molecule has 0 saturated carbocycles. The first kappa shape index (κ1) is 53.9. The van der Waals surface area contributed by atoms with Gasteiger partial charge in [-0.25, -0.2) is 0 Å². The first-order valence-corrected chi connectivity index (χ1v) is 25.0. The van der Waals surface area contributed by atoms with Gasteiger partial charge in [-0.3, -0.25) is 4.79 Å². The minimum absolute atomic E-state index is 0.176. The second-order valence-electron chi connectivity index (χ2n) is 16.6. The van der Waals surface area contributed by atoms with Gasteiger partial charge in [-0.2, -0.15) is 11.8 Å². The van der Waals surface area contributed by atoms with E-state index in [1.165, 1.54) is 185 Å². The minimum Gasteiger partial charge on any atom is -0.389 e. The molecule has 0 fully saturated rings. The van der Waals surface area contributed by atoms with Crippen LogP contribution in [0.5, 0.6) is 0 Å². The van der Waals surface area contributed by atoms with E-state index in [0.29, 0.717) is 6.42 Å². The monoisotopic (exact) mass is 796 g/mol. The third-order valence-electron chi connectivity index (χ3n) is 10.9. The molecule has 0 aromatic rings. The summed E-state index contributed by atoms with van der Waals surface area (Å²) < 4.78 is 0. The number of thioether (sulfide) groups is 1. The predicted molar refractivity (Wildman–Crippen MR) is 254 cm³/mol. The Morgan fingerprint density at radius 3 is 1.43 bits per heavy atom. The van der Waals surface area contributed by atoms with Gasteiger partial charge in [0.05, 0.1) is 0 Å². The lowest BCUT2D eigenvalue weighted by Gasteiger charge is -2.18. The van der Waals surface area contributed by atoms with Gasteiger partial charge < -0.3 is 16.0 Å². The van der Waals surface area contributed by atoms with E-state index in [-0.39, 0.29) is 11.9 Å². The Morgan fingerprint density at radius 2 is 1.00 bits per heavy atom.